The zero-order valence-corrected chi connectivity index (χ0v) is 18.4. The molecule has 0 aliphatic carbocycles. The lowest BCUT2D eigenvalue weighted by atomic mass is 10.1. The van der Waals surface area contributed by atoms with Gasteiger partial charge >= 0.3 is 6.09 Å². The Bertz CT molecular complexity index is 607. The Hall–Kier alpha value is -1.59. The van der Waals surface area contributed by atoms with Crippen molar-refractivity contribution in [1.29, 1.82) is 0 Å². The van der Waals surface area contributed by atoms with Gasteiger partial charge < -0.3 is 24.8 Å². The summed E-state index contributed by atoms with van der Waals surface area (Å²) in [6.45, 7) is 9.35. The number of amides is 1. The zero-order chi connectivity index (χ0) is 18.4. The summed E-state index contributed by atoms with van der Waals surface area (Å²) < 4.78 is 10.4. The number of nitrogens with one attached hydrogen (secondary N) is 2. The molecule has 9 nitrogen and oxygen atoms in total. The van der Waals surface area contributed by atoms with Crippen LogP contribution in [0.4, 0.5) is 4.79 Å². The minimum Gasteiger partial charge on any atom is -0.444 e. The summed E-state index contributed by atoms with van der Waals surface area (Å²) in [7, 11) is 1.72. The quantitative estimate of drug-likeness (QED) is 0.286. The number of carbonyl (C=O) groups excluding carboxylic acids is 1. The molecule has 0 unspecified atom stereocenters. The third-order valence-corrected chi connectivity index (χ3v) is 3.53. The lowest BCUT2D eigenvalue weighted by Gasteiger charge is -2.40. The van der Waals surface area contributed by atoms with Gasteiger partial charge in [0.15, 0.2) is 11.8 Å². The molecule has 1 saturated heterocycles. The van der Waals surface area contributed by atoms with E-state index >= 15 is 0 Å². The van der Waals surface area contributed by atoms with Crippen molar-refractivity contribution in [2.45, 2.75) is 52.2 Å². The van der Waals surface area contributed by atoms with Crippen LogP contribution >= 0.6 is 24.0 Å². The molecule has 0 atom stereocenters. The van der Waals surface area contributed by atoms with Crippen LogP contribution < -0.4 is 10.6 Å². The standard InChI is InChI=1S/C16H28N6O3.HI/c1-11-19-13(25-21-11)7-6-8-18-14(17-5)20-12-9-22(10-12)15(23)24-16(2,3)4;/h12H,6-10H2,1-5H3,(H2,17,18,20);1H. The van der Waals surface area contributed by atoms with Crippen LogP contribution in [0.25, 0.3) is 0 Å². The van der Waals surface area contributed by atoms with Crippen molar-refractivity contribution in [2.24, 2.45) is 4.99 Å². The van der Waals surface area contributed by atoms with E-state index in [1.807, 2.05) is 20.8 Å². The Morgan fingerprint density at radius 1 is 1.42 bits per heavy atom. The summed E-state index contributed by atoms with van der Waals surface area (Å²) in [4.78, 5) is 21.9. The molecule has 1 amide bonds. The number of guanidine groups is 1. The summed E-state index contributed by atoms with van der Waals surface area (Å²) in [5.41, 5.74) is -0.468. The maximum atomic E-state index is 11.9. The number of nitrogens with zero attached hydrogens (tertiary/aromatic N) is 4. The van der Waals surface area contributed by atoms with Crippen LogP contribution in [0.5, 0.6) is 0 Å². The lowest BCUT2D eigenvalue weighted by Crippen LogP contribution is -2.63. The van der Waals surface area contributed by atoms with Gasteiger partial charge in [0.2, 0.25) is 5.89 Å². The molecule has 0 bridgehead atoms. The Labute approximate surface area is 171 Å². The van der Waals surface area contributed by atoms with Gasteiger partial charge in [0.05, 0.1) is 6.04 Å². The highest BCUT2D eigenvalue weighted by Gasteiger charge is 2.34. The van der Waals surface area contributed by atoms with Crippen molar-refractivity contribution >= 4 is 36.0 Å². The first-order chi connectivity index (χ1) is 11.8. The molecule has 1 aromatic rings. The first kappa shape index (κ1) is 22.5. The number of likely N-dealkylation sites (tertiary alicyclic amines) is 1. The topological polar surface area (TPSA) is 105 Å². The molecule has 2 heterocycles. The molecule has 2 N–H and O–H groups in total. The first-order valence-electron chi connectivity index (χ1n) is 8.51. The van der Waals surface area contributed by atoms with E-state index in [9.17, 15) is 4.79 Å². The molecule has 2 rings (SSSR count). The molecule has 0 radical (unpaired) electrons. The Balaban J connectivity index is 0.00000338. The molecule has 1 fully saturated rings. The highest BCUT2D eigenvalue weighted by atomic mass is 127. The van der Waals surface area contributed by atoms with Crippen LogP contribution in [0.3, 0.4) is 0 Å². The van der Waals surface area contributed by atoms with Crippen LogP contribution in [0.1, 0.15) is 38.9 Å². The molecule has 1 aliphatic heterocycles. The number of aromatic nitrogens is 2. The van der Waals surface area contributed by atoms with E-state index in [2.05, 4.69) is 25.8 Å². The number of aliphatic imine (C=N–C) groups is 1. The van der Waals surface area contributed by atoms with E-state index < -0.39 is 5.60 Å². The number of hydrogen-bond acceptors (Lipinski definition) is 6. The van der Waals surface area contributed by atoms with Crippen LogP contribution in [0.15, 0.2) is 9.52 Å². The van der Waals surface area contributed by atoms with Gasteiger partial charge in [-0.2, -0.15) is 4.98 Å². The van der Waals surface area contributed by atoms with Crippen molar-refractivity contribution < 1.29 is 14.1 Å². The van der Waals surface area contributed by atoms with E-state index in [1.54, 1.807) is 18.9 Å². The molecule has 0 saturated carbocycles. The monoisotopic (exact) mass is 480 g/mol. The van der Waals surface area contributed by atoms with Gasteiger partial charge in [-0.25, -0.2) is 4.79 Å². The lowest BCUT2D eigenvalue weighted by molar-refractivity contribution is 0.00701. The number of hydrogen-bond donors (Lipinski definition) is 2. The van der Waals surface area contributed by atoms with Crippen LogP contribution in [0, 0.1) is 6.92 Å². The molecule has 1 aliphatic rings. The third-order valence-electron chi connectivity index (χ3n) is 3.53. The second-order valence-corrected chi connectivity index (χ2v) is 7.06. The van der Waals surface area contributed by atoms with Gasteiger partial charge in [0, 0.05) is 33.1 Å². The first-order valence-corrected chi connectivity index (χ1v) is 8.51. The van der Waals surface area contributed by atoms with Gasteiger partial charge in [-0.15, -0.1) is 24.0 Å². The number of aryl methyl sites for hydroxylation is 2. The van der Waals surface area contributed by atoms with Crippen LogP contribution in [-0.2, 0) is 11.2 Å². The molecule has 0 aromatic carbocycles. The predicted octanol–water partition coefficient (Wildman–Crippen LogP) is 1.71. The van der Waals surface area contributed by atoms with E-state index in [1.165, 1.54) is 0 Å². The average Bonchev–Trinajstić information content (AvgIpc) is 2.88. The number of halogens is 1. The highest BCUT2D eigenvalue weighted by Crippen LogP contribution is 2.15. The second kappa shape index (κ2) is 9.93. The van der Waals surface area contributed by atoms with Crippen molar-refractivity contribution in [3.05, 3.63) is 11.7 Å². The predicted molar refractivity (Wildman–Crippen MR) is 109 cm³/mol. The zero-order valence-electron chi connectivity index (χ0n) is 16.0. The van der Waals surface area contributed by atoms with E-state index in [0.29, 0.717) is 24.8 Å². The van der Waals surface area contributed by atoms with Crippen LogP contribution in [0.2, 0.25) is 0 Å². The van der Waals surface area contributed by atoms with Gasteiger partial charge in [0.25, 0.3) is 0 Å². The van der Waals surface area contributed by atoms with Gasteiger partial charge in [-0.3, -0.25) is 4.99 Å². The number of ether oxygens (including phenoxy) is 1. The Kier molecular flexibility index (Phi) is 8.57. The Morgan fingerprint density at radius 3 is 2.65 bits per heavy atom. The molecule has 10 heteroatoms. The van der Waals surface area contributed by atoms with Crippen molar-refractivity contribution in [2.75, 3.05) is 26.7 Å². The van der Waals surface area contributed by atoms with Crippen LogP contribution in [-0.4, -0.2) is 65.4 Å². The Morgan fingerprint density at radius 2 is 2.12 bits per heavy atom. The highest BCUT2D eigenvalue weighted by molar-refractivity contribution is 14.0. The molecule has 26 heavy (non-hydrogen) atoms. The molecule has 148 valence electrons. The average molecular weight is 480 g/mol. The fourth-order valence-electron chi connectivity index (χ4n) is 2.32. The van der Waals surface area contributed by atoms with E-state index in [0.717, 1.165) is 25.3 Å². The van der Waals surface area contributed by atoms with Crippen molar-refractivity contribution in [1.82, 2.24) is 25.7 Å². The van der Waals surface area contributed by atoms with Crippen molar-refractivity contribution in [3.63, 3.8) is 0 Å². The molecular weight excluding hydrogens is 451 g/mol. The van der Waals surface area contributed by atoms with E-state index in [-0.39, 0.29) is 36.1 Å². The van der Waals surface area contributed by atoms with Gasteiger partial charge in [-0.1, -0.05) is 5.16 Å². The normalized spacial score (nSPS) is 15.1. The summed E-state index contributed by atoms with van der Waals surface area (Å²) >= 11 is 0. The SMILES string of the molecule is CN=C(NCCCc1nc(C)no1)NC1CN(C(=O)OC(C)(C)C)C1.I. The number of carbonyl (C=O) groups is 1. The largest absolute Gasteiger partial charge is 0.444 e. The maximum absolute atomic E-state index is 11.9. The summed E-state index contributed by atoms with van der Waals surface area (Å²) in [6.07, 6.45) is 1.31. The van der Waals surface area contributed by atoms with Gasteiger partial charge in [0.1, 0.15) is 5.60 Å². The summed E-state index contributed by atoms with van der Waals surface area (Å²) in [5, 5.41) is 10.3. The minimum absolute atomic E-state index is 0. The summed E-state index contributed by atoms with van der Waals surface area (Å²) in [5.74, 6) is 2.02. The van der Waals surface area contributed by atoms with Crippen molar-refractivity contribution in [3.8, 4) is 0 Å². The molecule has 1 aromatic heterocycles. The molecule has 0 spiro atoms. The van der Waals surface area contributed by atoms with Gasteiger partial charge in [-0.05, 0) is 34.1 Å². The maximum Gasteiger partial charge on any atom is 0.410 e. The fourth-order valence-corrected chi connectivity index (χ4v) is 2.32. The number of rotatable bonds is 5. The smallest absolute Gasteiger partial charge is 0.410 e. The minimum atomic E-state index is -0.468. The summed E-state index contributed by atoms with van der Waals surface area (Å²) in [6, 6.07) is 0.178. The molecular formula is C16H29IN6O3. The fraction of sp³-hybridized carbons (Fsp3) is 0.750. The van der Waals surface area contributed by atoms with E-state index in [4.69, 9.17) is 9.26 Å². The third kappa shape index (κ3) is 7.34. The second-order valence-electron chi connectivity index (χ2n) is 7.06.